The Kier molecular flexibility index (Phi) is 9.54. The smallest absolute Gasteiger partial charge is 0.129 e. The van der Waals surface area contributed by atoms with Crippen LogP contribution in [0.25, 0.3) is 11.1 Å². The van der Waals surface area contributed by atoms with Crippen LogP contribution < -0.4 is 0 Å². The molecular formula is C24H34F2. The van der Waals surface area contributed by atoms with Crippen molar-refractivity contribution in [3.63, 3.8) is 0 Å². The van der Waals surface area contributed by atoms with Crippen LogP contribution in [0.4, 0.5) is 8.78 Å². The first-order valence-corrected chi connectivity index (χ1v) is 10.1. The van der Waals surface area contributed by atoms with E-state index in [-0.39, 0.29) is 5.56 Å². The van der Waals surface area contributed by atoms with Gasteiger partial charge in [-0.2, -0.15) is 0 Å². The van der Waals surface area contributed by atoms with Gasteiger partial charge in [-0.05, 0) is 60.4 Å². The molecule has 1 aliphatic rings. The molecule has 0 aromatic heterocycles. The Labute approximate surface area is 158 Å². The molecule has 0 saturated heterocycles. The Hall–Kier alpha value is -1.70. The lowest BCUT2D eigenvalue weighted by molar-refractivity contribution is 0.348. The molecule has 2 aromatic rings. The molecule has 0 N–H and O–H groups in total. The second-order valence-electron chi connectivity index (χ2n) is 6.64. The van der Waals surface area contributed by atoms with E-state index in [0.717, 1.165) is 11.5 Å². The van der Waals surface area contributed by atoms with Crippen LogP contribution in [0.5, 0.6) is 0 Å². The maximum atomic E-state index is 13.7. The van der Waals surface area contributed by atoms with E-state index in [1.54, 1.807) is 0 Å². The summed E-state index contributed by atoms with van der Waals surface area (Å²) in [7, 11) is 0. The minimum atomic E-state index is -0.486. The van der Waals surface area contributed by atoms with Crippen molar-refractivity contribution in [3.8, 4) is 11.1 Å². The molecule has 0 atom stereocenters. The number of benzene rings is 2. The normalized spacial score (nSPS) is 18.9. The topological polar surface area (TPSA) is 0 Å². The number of rotatable bonds is 2. The zero-order valence-electron chi connectivity index (χ0n) is 17.2. The summed E-state index contributed by atoms with van der Waals surface area (Å²) in [4.78, 5) is 0. The van der Waals surface area contributed by atoms with Gasteiger partial charge in [-0.15, -0.1) is 0 Å². The third-order valence-electron chi connectivity index (χ3n) is 5.01. The molecule has 0 nitrogen and oxygen atoms in total. The molecule has 1 aliphatic carbocycles. The predicted molar refractivity (Wildman–Crippen MR) is 110 cm³/mol. The third-order valence-corrected chi connectivity index (χ3v) is 5.01. The van der Waals surface area contributed by atoms with Gasteiger partial charge >= 0.3 is 0 Å². The van der Waals surface area contributed by atoms with Crippen molar-refractivity contribution in [1.82, 2.24) is 0 Å². The first-order valence-electron chi connectivity index (χ1n) is 10.1. The predicted octanol–water partition coefficient (Wildman–Crippen LogP) is 8.29. The molecule has 0 aliphatic heterocycles. The van der Waals surface area contributed by atoms with Crippen LogP contribution in [-0.2, 0) is 0 Å². The van der Waals surface area contributed by atoms with Gasteiger partial charge < -0.3 is 0 Å². The highest BCUT2D eigenvalue weighted by atomic mass is 19.1. The molecule has 2 heteroatoms. The lowest BCUT2D eigenvalue weighted by atomic mass is 9.79. The quantitative estimate of drug-likeness (QED) is 0.505. The van der Waals surface area contributed by atoms with Crippen LogP contribution in [0.3, 0.4) is 0 Å². The van der Waals surface area contributed by atoms with Crippen LogP contribution in [0.1, 0.15) is 77.3 Å². The molecule has 0 spiro atoms. The van der Waals surface area contributed by atoms with Crippen LogP contribution in [0.2, 0.25) is 0 Å². The number of hydrogen-bond acceptors (Lipinski definition) is 0. The summed E-state index contributed by atoms with van der Waals surface area (Å²) in [6.45, 7) is 11.8. The summed E-state index contributed by atoms with van der Waals surface area (Å²) in [5.74, 6) is 0.506. The van der Waals surface area contributed by atoms with E-state index in [4.69, 9.17) is 0 Å². The maximum Gasteiger partial charge on any atom is 0.129 e. The molecular weight excluding hydrogens is 326 g/mol. The Morgan fingerprint density at radius 1 is 0.731 bits per heavy atom. The van der Waals surface area contributed by atoms with Gasteiger partial charge in [0.25, 0.3) is 0 Å². The Balaban J connectivity index is 0.000000791. The molecule has 3 rings (SSSR count). The average Bonchev–Trinajstić information content (AvgIpc) is 2.69. The van der Waals surface area contributed by atoms with Crippen molar-refractivity contribution in [2.75, 3.05) is 0 Å². The highest BCUT2D eigenvalue weighted by Gasteiger charge is 2.19. The minimum Gasteiger partial charge on any atom is -0.207 e. The Morgan fingerprint density at radius 3 is 1.65 bits per heavy atom. The van der Waals surface area contributed by atoms with Gasteiger partial charge in [-0.3, -0.25) is 0 Å². The summed E-state index contributed by atoms with van der Waals surface area (Å²) < 4.78 is 27.4. The van der Waals surface area contributed by atoms with Crippen LogP contribution >= 0.6 is 0 Å². The van der Waals surface area contributed by atoms with E-state index in [1.807, 2.05) is 39.8 Å². The van der Waals surface area contributed by atoms with E-state index >= 15 is 0 Å². The fraction of sp³-hybridized carbons (Fsp3) is 0.500. The molecule has 1 saturated carbocycles. The van der Waals surface area contributed by atoms with Crippen molar-refractivity contribution >= 4 is 0 Å². The van der Waals surface area contributed by atoms with Gasteiger partial charge in [0.1, 0.15) is 11.6 Å². The van der Waals surface area contributed by atoms with E-state index < -0.39 is 11.6 Å². The monoisotopic (exact) mass is 360 g/mol. The standard InChI is InChI=1S/C20H22F2.2C2H6/c1-13-3-5-15(6-4-13)16-7-9-17(10-8-16)18-11-19(21)14(2)20(22)12-18;2*1-2/h7-13,15H,3-6H2,1-2H3;2*1-2H3. The summed E-state index contributed by atoms with van der Waals surface area (Å²) >= 11 is 0. The molecule has 0 radical (unpaired) electrons. The zero-order chi connectivity index (χ0) is 19.7. The number of hydrogen-bond donors (Lipinski definition) is 0. The van der Waals surface area contributed by atoms with Gasteiger partial charge in [0.05, 0.1) is 0 Å². The number of halogens is 2. The summed E-state index contributed by atoms with van der Waals surface area (Å²) in [5, 5.41) is 0. The second kappa shape index (κ2) is 11.1. The minimum absolute atomic E-state index is 0.0803. The summed E-state index contributed by atoms with van der Waals surface area (Å²) in [5.41, 5.74) is 2.90. The molecule has 26 heavy (non-hydrogen) atoms. The highest BCUT2D eigenvalue weighted by Crippen LogP contribution is 2.36. The Bertz CT molecular complexity index is 627. The fourth-order valence-electron chi connectivity index (χ4n) is 3.35. The van der Waals surface area contributed by atoms with Crippen LogP contribution in [0, 0.1) is 24.5 Å². The zero-order valence-corrected chi connectivity index (χ0v) is 17.2. The molecule has 144 valence electrons. The highest BCUT2D eigenvalue weighted by molar-refractivity contribution is 5.64. The van der Waals surface area contributed by atoms with Crippen LogP contribution in [0.15, 0.2) is 36.4 Å². The molecule has 0 amide bonds. The lowest BCUT2D eigenvalue weighted by Gasteiger charge is -2.26. The lowest BCUT2D eigenvalue weighted by Crippen LogP contribution is -2.10. The van der Waals surface area contributed by atoms with Crippen molar-refractivity contribution in [2.45, 2.75) is 73.1 Å². The fourth-order valence-corrected chi connectivity index (χ4v) is 3.35. The van der Waals surface area contributed by atoms with E-state index in [2.05, 4.69) is 19.1 Å². The van der Waals surface area contributed by atoms with Crippen molar-refractivity contribution in [2.24, 2.45) is 5.92 Å². The summed E-state index contributed by atoms with van der Waals surface area (Å²) in [6, 6.07) is 11.0. The Morgan fingerprint density at radius 2 is 1.19 bits per heavy atom. The van der Waals surface area contributed by atoms with Gasteiger partial charge in [0.2, 0.25) is 0 Å². The van der Waals surface area contributed by atoms with Gasteiger partial charge in [0, 0.05) is 5.56 Å². The van der Waals surface area contributed by atoms with E-state index in [1.165, 1.54) is 50.3 Å². The largest absolute Gasteiger partial charge is 0.207 e. The maximum absolute atomic E-state index is 13.7. The van der Waals surface area contributed by atoms with E-state index in [9.17, 15) is 8.78 Å². The SMILES string of the molecule is CC.CC.Cc1c(F)cc(-c2ccc(C3CCC(C)CC3)cc2)cc1F. The first-order chi connectivity index (χ1) is 12.5. The van der Waals surface area contributed by atoms with Crippen molar-refractivity contribution in [3.05, 3.63) is 59.2 Å². The summed E-state index contributed by atoms with van der Waals surface area (Å²) in [6.07, 6.45) is 5.07. The molecule has 2 aromatic carbocycles. The molecule has 1 fully saturated rings. The van der Waals surface area contributed by atoms with E-state index in [0.29, 0.717) is 11.5 Å². The van der Waals surface area contributed by atoms with Crippen molar-refractivity contribution in [1.29, 1.82) is 0 Å². The molecule has 0 bridgehead atoms. The van der Waals surface area contributed by atoms with Gasteiger partial charge in [-0.25, -0.2) is 8.78 Å². The first kappa shape index (κ1) is 22.3. The van der Waals surface area contributed by atoms with Crippen LogP contribution in [-0.4, -0.2) is 0 Å². The second-order valence-corrected chi connectivity index (χ2v) is 6.64. The molecule has 0 heterocycles. The third kappa shape index (κ3) is 5.65. The average molecular weight is 361 g/mol. The molecule has 0 unspecified atom stereocenters. The van der Waals surface area contributed by atoms with Gasteiger partial charge in [0.15, 0.2) is 0 Å². The van der Waals surface area contributed by atoms with Gasteiger partial charge in [-0.1, -0.05) is 71.7 Å². The van der Waals surface area contributed by atoms with Crippen molar-refractivity contribution < 1.29 is 8.78 Å².